The minimum Gasteiger partial charge on any atom is -0.494 e. The maximum atomic E-state index is 13.6. The second kappa shape index (κ2) is 6.25. The Morgan fingerprint density at radius 2 is 1.95 bits per heavy atom. The first-order valence-corrected chi connectivity index (χ1v) is 6.57. The highest BCUT2D eigenvalue weighted by Crippen LogP contribution is 2.23. The number of benzene rings is 2. The first-order chi connectivity index (χ1) is 9.51. The summed E-state index contributed by atoms with van der Waals surface area (Å²) in [5, 5.41) is 0.757. The third-order valence-electron chi connectivity index (χ3n) is 2.81. The fourth-order valence-corrected chi connectivity index (χ4v) is 2.21. The van der Waals surface area contributed by atoms with E-state index in [1.165, 1.54) is 25.3 Å². The van der Waals surface area contributed by atoms with Crippen molar-refractivity contribution in [1.29, 1.82) is 0 Å². The van der Waals surface area contributed by atoms with Crippen LogP contribution in [0, 0.1) is 5.82 Å². The number of rotatable bonds is 4. The van der Waals surface area contributed by atoms with Gasteiger partial charge in [0, 0.05) is 17.0 Å². The van der Waals surface area contributed by atoms with Crippen LogP contribution in [0.3, 0.4) is 0 Å². The molecule has 2 rings (SSSR count). The van der Waals surface area contributed by atoms with Gasteiger partial charge in [0.1, 0.15) is 0 Å². The fraction of sp³-hybridized carbons (Fsp3) is 0.133. The van der Waals surface area contributed by atoms with Crippen LogP contribution in [0.15, 0.2) is 36.4 Å². The number of carbonyl (C=O) groups is 1. The number of hydrogen-bond donors (Lipinski definition) is 0. The number of ether oxygens (including phenoxy) is 1. The van der Waals surface area contributed by atoms with Crippen LogP contribution < -0.4 is 4.74 Å². The molecule has 5 heteroatoms. The van der Waals surface area contributed by atoms with E-state index in [-0.39, 0.29) is 18.0 Å². The molecule has 0 saturated heterocycles. The molecule has 0 aliphatic carbocycles. The molecule has 2 aromatic carbocycles. The van der Waals surface area contributed by atoms with Crippen LogP contribution in [0.2, 0.25) is 10.0 Å². The zero-order chi connectivity index (χ0) is 14.7. The van der Waals surface area contributed by atoms with Crippen molar-refractivity contribution in [1.82, 2.24) is 0 Å². The Hall–Kier alpha value is -1.58. The molecule has 104 valence electrons. The molecule has 0 radical (unpaired) electrons. The Morgan fingerprint density at radius 1 is 1.20 bits per heavy atom. The number of carbonyl (C=O) groups excluding carboxylic acids is 1. The first-order valence-electron chi connectivity index (χ1n) is 5.82. The SMILES string of the molecule is COc1ccc(CC(=O)c2cc(Cl)ccc2Cl)cc1F. The Morgan fingerprint density at radius 3 is 2.60 bits per heavy atom. The highest BCUT2D eigenvalue weighted by Gasteiger charge is 2.13. The lowest BCUT2D eigenvalue weighted by molar-refractivity contribution is 0.0993. The lowest BCUT2D eigenvalue weighted by Gasteiger charge is -2.06. The molecule has 0 amide bonds. The van der Waals surface area contributed by atoms with Gasteiger partial charge in [-0.2, -0.15) is 0 Å². The topological polar surface area (TPSA) is 26.3 Å². The van der Waals surface area contributed by atoms with Crippen LogP contribution in [-0.4, -0.2) is 12.9 Å². The van der Waals surface area contributed by atoms with Crippen LogP contribution in [0.1, 0.15) is 15.9 Å². The van der Waals surface area contributed by atoms with E-state index in [1.54, 1.807) is 18.2 Å². The summed E-state index contributed by atoms with van der Waals surface area (Å²) in [6, 6.07) is 9.07. The third kappa shape index (κ3) is 3.30. The van der Waals surface area contributed by atoms with Gasteiger partial charge in [0.2, 0.25) is 0 Å². The van der Waals surface area contributed by atoms with Gasteiger partial charge in [-0.3, -0.25) is 4.79 Å². The minimum absolute atomic E-state index is 0.0426. The van der Waals surface area contributed by atoms with E-state index in [0.717, 1.165) is 0 Å². The van der Waals surface area contributed by atoms with Gasteiger partial charge < -0.3 is 4.74 Å². The third-order valence-corrected chi connectivity index (χ3v) is 3.37. The van der Waals surface area contributed by atoms with Crippen molar-refractivity contribution in [3.05, 3.63) is 63.4 Å². The van der Waals surface area contributed by atoms with E-state index in [4.69, 9.17) is 27.9 Å². The molecule has 0 saturated carbocycles. The van der Waals surface area contributed by atoms with E-state index in [9.17, 15) is 9.18 Å². The van der Waals surface area contributed by atoms with E-state index in [1.807, 2.05) is 0 Å². The largest absolute Gasteiger partial charge is 0.494 e. The monoisotopic (exact) mass is 312 g/mol. The number of Topliss-reactive ketones (excluding diaryl/α,β-unsaturated/α-hetero) is 1. The quantitative estimate of drug-likeness (QED) is 0.773. The summed E-state index contributed by atoms with van der Waals surface area (Å²) in [5.41, 5.74) is 0.875. The molecule has 0 unspecified atom stereocenters. The summed E-state index contributed by atoms with van der Waals surface area (Å²) in [4.78, 5) is 12.2. The number of halogens is 3. The summed E-state index contributed by atoms with van der Waals surface area (Å²) in [6.07, 6.45) is 0.0426. The van der Waals surface area contributed by atoms with Gasteiger partial charge in [0.05, 0.1) is 12.1 Å². The molecule has 0 aliphatic rings. The molecule has 0 bridgehead atoms. The number of ketones is 1. The zero-order valence-electron chi connectivity index (χ0n) is 10.6. The van der Waals surface area contributed by atoms with E-state index >= 15 is 0 Å². The zero-order valence-corrected chi connectivity index (χ0v) is 12.1. The molecule has 0 heterocycles. The van der Waals surface area contributed by atoms with Crippen LogP contribution in [0.5, 0.6) is 5.75 Å². The molecule has 0 spiro atoms. The van der Waals surface area contributed by atoms with Gasteiger partial charge in [0.15, 0.2) is 17.3 Å². The number of hydrogen-bond acceptors (Lipinski definition) is 2. The molecule has 20 heavy (non-hydrogen) atoms. The number of methoxy groups -OCH3 is 1. The van der Waals surface area contributed by atoms with Crippen molar-refractivity contribution < 1.29 is 13.9 Å². The molecule has 2 aromatic rings. The van der Waals surface area contributed by atoms with Crippen LogP contribution in [0.25, 0.3) is 0 Å². The van der Waals surface area contributed by atoms with Gasteiger partial charge in [0.25, 0.3) is 0 Å². The minimum atomic E-state index is -0.505. The van der Waals surface area contributed by atoms with Gasteiger partial charge in [-0.05, 0) is 35.9 Å². The summed E-state index contributed by atoms with van der Waals surface area (Å²) in [7, 11) is 1.38. The van der Waals surface area contributed by atoms with Crippen LogP contribution in [0.4, 0.5) is 4.39 Å². The van der Waals surface area contributed by atoms with E-state index in [2.05, 4.69) is 0 Å². The Bertz CT molecular complexity index is 656. The lowest BCUT2D eigenvalue weighted by atomic mass is 10.0. The maximum Gasteiger partial charge on any atom is 0.168 e. The summed E-state index contributed by atoms with van der Waals surface area (Å²) >= 11 is 11.8. The van der Waals surface area contributed by atoms with Crippen molar-refractivity contribution in [2.45, 2.75) is 6.42 Å². The predicted octanol–water partition coefficient (Wildman–Crippen LogP) is 4.57. The Labute approximate surface area is 126 Å². The molecular formula is C15H11Cl2FO2. The molecule has 0 aromatic heterocycles. The van der Waals surface area contributed by atoms with Crippen molar-refractivity contribution in [2.24, 2.45) is 0 Å². The van der Waals surface area contributed by atoms with Crippen LogP contribution >= 0.6 is 23.2 Å². The second-order valence-electron chi connectivity index (χ2n) is 4.19. The van der Waals surface area contributed by atoms with Gasteiger partial charge >= 0.3 is 0 Å². The van der Waals surface area contributed by atoms with Crippen molar-refractivity contribution in [3.8, 4) is 5.75 Å². The van der Waals surface area contributed by atoms with Gasteiger partial charge in [-0.25, -0.2) is 4.39 Å². The van der Waals surface area contributed by atoms with E-state index < -0.39 is 5.82 Å². The van der Waals surface area contributed by atoms with E-state index in [0.29, 0.717) is 21.2 Å². The maximum absolute atomic E-state index is 13.6. The summed E-state index contributed by atoms with van der Waals surface area (Å²) < 4.78 is 18.4. The van der Waals surface area contributed by atoms with Crippen molar-refractivity contribution in [2.75, 3.05) is 7.11 Å². The highest BCUT2D eigenvalue weighted by atomic mass is 35.5. The molecular weight excluding hydrogens is 302 g/mol. The van der Waals surface area contributed by atoms with Gasteiger partial charge in [-0.1, -0.05) is 29.3 Å². The molecule has 0 fully saturated rings. The Balaban J connectivity index is 2.23. The molecule has 0 N–H and O–H groups in total. The summed E-state index contributed by atoms with van der Waals surface area (Å²) in [6.45, 7) is 0. The predicted molar refractivity (Wildman–Crippen MR) is 77.4 cm³/mol. The molecule has 2 nitrogen and oxygen atoms in total. The van der Waals surface area contributed by atoms with Crippen molar-refractivity contribution >= 4 is 29.0 Å². The van der Waals surface area contributed by atoms with Gasteiger partial charge in [-0.15, -0.1) is 0 Å². The normalized spacial score (nSPS) is 10.4. The lowest BCUT2D eigenvalue weighted by Crippen LogP contribution is -2.05. The van der Waals surface area contributed by atoms with Crippen molar-refractivity contribution in [3.63, 3.8) is 0 Å². The van der Waals surface area contributed by atoms with Crippen LogP contribution in [-0.2, 0) is 6.42 Å². The standard InChI is InChI=1S/C15H11Cl2FO2/c1-20-15-5-2-9(6-13(15)18)7-14(19)11-8-10(16)3-4-12(11)17/h2-6,8H,7H2,1H3. The average molecular weight is 313 g/mol. The average Bonchev–Trinajstić information content (AvgIpc) is 2.41. The highest BCUT2D eigenvalue weighted by molar-refractivity contribution is 6.35. The molecule has 0 atom stereocenters. The Kier molecular flexibility index (Phi) is 4.63. The second-order valence-corrected chi connectivity index (χ2v) is 5.04. The smallest absolute Gasteiger partial charge is 0.168 e. The summed E-state index contributed by atoms with van der Waals surface area (Å²) in [5.74, 6) is -0.584. The fourth-order valence-electron chi connectivity index (χ4n) is 1.81. The molecule has 0 aliphatic heterocycles. The first kappa shape index (κ1) is 14.8.